The van der Waals surface area contributed by atoms with Crippen molar-refractivity contribution < 1.29 is 4.79 Å². The van der Waals surface area contributed by atoms with Gasteiger partial charge in [0.2, 0.25) is 5.91 Å². The molecule has 0 aliphatic carbocycles. The number of carbonyl (C=O) groups excluding carboxylic acids is 1. The largest absolute Gasteiger partial charge is 0.366 e. The number of benzene rings is 3. The average Bonchev–Trinajstić information content (AvgIpc) is 2.63. The second-order valence-corrected chi connectivity index (χ2v) is 8.49. The Bertz CT molecular complexity index is 820. The molecule has 0 saturated carbocycles. The summed E-state index contributed by atoms with van der Waals surface area (Å²) in [7, 11) is -0.841. The van der Waals surface area contributed by atoms with Crippen LogP contribution in [0.5, 0.6) is 0 Å². The fourth-order valence-electron chi connectivity index (χ4n) is 2.88. The van der Waals surface area contributed by atoms with Gasteiger partial charge in [-0.05, 0) is 47.4 Å². The van der Waals surface area contributed by atoms with Crippen molar-refractivity contribution in [1.82, 2.24) is 0 Å². The molecule has 0 radical (unpaired) electrons. The number of hydrogen-bond donors (Lipinski definition) is 1. The molecule has 0 atom stereocenters. The van der Waals surface area contributed by atoms with Gasteiger partial charge in [0, 0.05) is 5.56 Å². The summed E-state index contributed by atoms with van der Waals surface area (Å²) in [4.78, 5) is 12.1. The van der Waals surface area contributed by atoms with Crippen LogP contribution in [0.15, 0.2) is 78.9 Å². The van der Waals surface area contributed by atoms with Crippen LogP contribution in [0.4, 0.5) is 0 Å². The lowest BCUT2D eigenvalue weighted by Gasteiger charge is -2.22. The van der Waals surface area contributed by atoms with Crippen molar-refractivity contribution in [2.24, 2.45) is 5.73 Å². The Kier molecular flexibility index (Phi) is 5.31. The van der Waals surface area contributed by atoms with Crippen LogP contribution in [0.2, 0.25) is 0 Å². The molecule has 0 heterocycles. The van der Waals surface area contributed by atoms with Crippen LogP contribution < -0.4 is 21.6 Å². The second-order valence-electron chi connectivity index (χ2n) is 6.30. The van der Waals surface area contributed by atoms with Gasteiger partial charge in [-0.2, -0.15) is 0 Å². The van der Waals surface area contributed by atoms with E-state index in [0.717, 1.165) is 5.30 Å². The Morgan fingerprint density at radius 1 is 0.840 bits per heavy atom. The number of amides is 1. The first-order chi connectivity index (χ1) is 12.1. The minimum atomic E-state index is -0.841. The summed E-state index contributed by atoms with van der Waals surface area (Å²) in [5.41, 5.74) is 7.54. The molecule has 0 spiro atoms. The highest BCUT2D eigenvalue weighted by molar-refractivity contribution is 7.80. The average molecular weight is 347 g/mol. The number of hydrogen-bond acceptors (Lipinski definition) is 1. The quantitative estimate of drug-likeness (QED) is 0.703. The van der Waals surface area contributed by atoms with E-state index in [2.05, 4.69) is 44.2 Å². The Balaban J connectivity index is 2.26. The summed E-state index contributed by atoms with van der Waals surface area (Å²) in [5, 5.41) is 3.46. The molecule has 126 valence electrons. The lowest BCUT2D eigenvalue weighted by Crippen LogP contribution is -2.28. The van der Waals surface area contributed by atoms with E-state index in [9.17, 15) is 4.79 Å². The molecular formula is C22H22NOP. The first-order valence-electron chi connectivity index (χ1n) is 8.42. The van der Waals surface area contributed by atoms with Gasteiger partial charge in [0.25, 0.3) is 0 Å². The van der Waals surface area contributed by atoms with Crippen LogP contribution in [-0.4, -0.2) is 5.91 Å². The number of carbonyl (C=O) groups is 1. The van der Waals surface area contributed by atoms with Gasteiger partial charge in [0.05, 0.1) is 0 Å². The SMILES string of the molecule is CC(C)c1ccc(C(N)=O)c(P(c2ccccc2)c2ccccc2)c1. The molecule has 0 aliphatic heterocycles. The third-order valence-electron chi connectivity index (χ3n) is 4.22. The zero-order valence-electron chi connectivity index (χ0n) is 14.5. The van der Waals surface area contributed by atoms with Gasteiger partial charge in [-0.15, -0.1) is 0 Å². The Labute approximate surface area is 150 Å². The highest BCUT2D eigenvalue weighted by Crippen LogP contribution is 2.35. The topological polar surface area (TPSA) is 43.1 Å². The molecule has 2 nitrogen and oxygen atoms in total. The number of nitrogens with two attached hydrogens (primary N) is 1. The summed E-state index contributed by atoms with van der Waals surface area (Å²) < 4.78 is 0. The molecule has 0 aromatic heterocycles. The van der Waals surface area contributed by atoms with E-state index >= 15 is 0 Å². The normalized spacial score (nSPS) is 11.0. The van der Waals surface area contributed by atoms with Gasteiger partial charge in [0.15, 0.2) is 0 Å². The number of primary amides is 1. The summed E-state index contributed by atoms with van der Waals surface area (Å²) in [6, 6.07) is 26.8. The molecule has 2 N–H and O–H groups in total. The van der Waals surface area contributed by atoms with E-state index in [0.29, 0.717) is 11.5 Å². The summed E-state index contributed by atoms with van der Waals surface area (Å²) in [6.45, 7) is 4.33. The van der Waals surface area contributed by atoms with E-state index in [1.807, 2.05) is 48.5 Å². The van der Waals surface area contributed by atoms with E-state index < -0.39 is 7.92 Å². The minimum absolute atomic E-state index is 0.371. The van der Waals surface area contributed by atoms with Crippen molar-refractivity contribution >= 4 is 29.7 Å². The van der Waals surface area contributed by atoms with Gasteiger partial charge >= 0.3 is 0 Å². The van der Waals surface area contributed by atoms with Gasteiger partial charge < -0.3 is 5.73 Å². The van der Waals surface area contributed by atoms with Crippen LogP contribution in [-0.2, 0) is 0 Å². The van der Waals surface area contributed by atoms with E-state index in [1.165, 1.54) is 16.2 Å². The van der Waals surface area contributed by atoms with Crippen LogP contribution in [0.1, 0.15) is 35.7 Å². The molecule has 3 aromatic rings. The Hall–Kier alpha value is -2.44. The molecule has 0 unspecified atom stereocenters. The molecule has 0 bridgehead atoms. The van der Waals surface area contributed by atoms with Crippen molar-refractivity contribution in [3.05, 3.63) is 90.0 Å². The summed E-state index contributed by atoms with van der Waals surface area (Å²) >= 11 is 0. The fraction of sp³-hybridized carbons (Fsp3) is 0.136. The predicted molar refractivity (Wildman–Crippen MR) is 108 cm³/mol. The molecule has 0 fully saturated rings. The van der Waals surface area contributed by atoms with Gasteiger partial charge in [-0.1, -0.05) is 80.6 Å². The van der Waals surface area contributed by atoms with Crippen molar-refractivity contribution in [1.29, 1.82) is 0 Å². The monoisotopic (exact) mass is 347 g/mol. The molecule has 1 amide bonds. The zero-order valence-corrected chi connectivity index (χ0v) is 15.4. The van der Waals surface area contributed by atoms with Gasteiger partial charge in [-0.25, -0.2) is 0 Å². The fourth-order valence-corrected chi connectivity index (χ4v) is 5.38. The van der Waals surface area contributed by atoms with Crippen molar-refractivity contribution in [3.63, 3.8) is 0 Å². The van der Waals surface area contributed by atoms with Crippen LogP contribution in [0.25, 0.3) is 0 Å². The maximum absolute atomic E-state index is 12.1. The van der Waals surface area contributed by atoms with E-state index in [4.69, 9.17) is 5.73 Å². The molecule has 25 heavy (non-hydrogen) atoms. The maximum atomic E-state index is 12.1. The summed E-state index contributed by atoms with van der Waals surface area (Å²) in [5.74, 6) is 0.0220. The smallest absolute Gasteiger partial charge is 0.249 e. The number of rotatable bonds is 5. The van der Waals surface area contributed by atoms with Gasteiger partial charge in [-0.3, -0.25) is 4.79 Å². The molecule has 0 aliphatic rings. The van der Waals surface area contributed by atoms with Crippen molar-refractivity contribution in [2.45, 2.75) is 19.8 Å². The Morgan fingerprint density at radius 3 is 1.80 bits per heavy atom. The molecule has 3 heteroatoms. The molecule has 0 saturated heterocycles. The first kappa shape index (κ1) is 17.4. The third-order valence-corrected chi connectivity index (χ3v) is 6.70. The van der Waals surface area contributed by atoms with Gasteiger partial charge in [0.1, 0.15) is 0 Å². The first-order valence-corrected chi connectivity index (χ1v) is 9.76. The van der Waals surface area contributed by atoms with Crippen molar-refractivity contribution in [2.75, 3.05) is 0 Å². The Morgan fingerprint density at radius 2 is 1.36 bits per heavy atom. The van der Waals surface area contributed by atoms with E-state index in [1.54, 1.807) is 0 Å². The van der Waals surface area contributed by atoms with Crippen LogP contribution in [0, 0.1) is 0 Å². The van der Waals surface area contributed by atoms with Crippen LogP contribution in [0.3, 0.4) is 0 Å². The lowest BCUT2D eigenvalue weighted by atomic mass is 10.0. The van der Waals surface area contributed by atoms with E-state index in [-0.39, 0.29) is 5.91 Å². The molecular weight excluding hydrogens is 325 g/mol. The second kappa shape index (κ2) is 7.63. The standard InChI is InChI=1S/C22H22NOP/c1-16(2)17-13-14-20(22(23)24)21(15-17)25(18-9-5-3-6-10-18)19-11-7-4-8-12-19/h3-16H,1-2H3,(H2,23,24). The molecule has 3 aromatic carbocycles. The molecule has 3 rings (SSSR count). The minimum Gasteiger partial charge on any atom is -0.366 e. The lowest BCUT2D eigenvalue weighted by molar-refractivity contribution is 0.100. The predicted octanol–water partition coefficient (Wildman–Crippen LogP) is 3.67. The summed E-state index contributed by atoms with van der Waals surface area (Å²) in [6.07, 6.45) is 0. The highest BCUT2D eigenvalue weighted by Gasteiger charge is 2.22. The third kappa shape index (κ3) is 3.81. The zero-order chi connectivity index (χ0) is 17.8. The van der Waals surface area contributed by atoms with Crippen molar-refractivity contribution in [3.8, 4) is 0 Å². The highest BCUT2D eigenvalue weighted by atomic mass is 31.1. The maximum Gasteiger partial charge on any atom is 0.249 e. The van der Waals surface area contributed by atoms with Crippen LogP contribution >= 0.6 is 7.92 Å².